The number of rotatable bonds is 30. The molecule has 61 heavy (non-hydrogen) atoms. The van der Waals surface area contributed by atoms with Crippen molar-refractivity contribution in [2.75, 3.05) is 72.2 Å². The molecule has 1 aromatic carbocycles. The van der Waals surface area contributed by atoms with Gasteiger partial charge >= 0.3 is 0 Å². The Morgan fingerprint density at radius 2 is 1.16 bits per heavy atom. The van der Waals surface area contributed by atoms with E-state index < -0.39 is 79.1 Å². The van der Waals surface area contributed by atoms with Crippen LogP contribution < -0.4 is 65.9 Å². The van der Waals surface area contributed by atoms with E-state index in [9.17, 15) is 33.6 Å². The van der Waals surface area contributed by atoms with Crippen LogP contribution in [0.15, 0.2) is 40.4 Å². The molecule has 2 aromatic rings. The number of amides is 7. The molecular weight excluding hydrogens is 799 g/mol. The maximum atomic E-state index is 13.3. The summed E-state index contributed by atoms with van der Waals surface area (Å²) >= 11 is 0. The SMILES string of the molecule is CC(=O)NC(Cc1c[nH]c2ccccc12)C(=O)NCC(=O)NC(CCCN=C(N)N)C(=O)NCC(=O)NC(CCCN=C(N)N)C(=O)NCC(=O)NCCOCCOCCN. The fourth-order valence-corrected chi connectivity index (χ4v) is 5.61. The number of H-pyrrole nitrogens is 1. The van der Waals surface area contributed by atoms with Gasteiger partial charge in [0.1, 0.15) is 18.1 Å². The maximum Gasteiger partial charge on any atom is 0.243 e. The van der Waals surface area contributed by atoms with Crippen LogP contribution >= 0.6 is 0 Å². The van der Waals surface area contributed by atoms with Crippen molar-refractivity contribution in [3.8, 4) is 0 Å². The monoisotopic (exact) mass is 859 g/mol. The van der Waals surface area contributed by atoms with E-state index in [0.717, 1.165) is 16.5 Å². The van der Waals surface area contributed by atoms with Crippen molar-refractivity contribution in [2.24, 2.45) is 38.7 Å². The Morgan fingerprint density at radius 3 is 1.69 bits per heavy atom. The zero-order valence-corrected chi connectivity index (χ0v) is 34.4. The molecule has 24 heteroatoms. The molecule has 1 aromatic heterocycles. The summed E-state index contributed by atoms with van der Waals surface area (Å²) in [5.74, 6) is -4.85. The van der Waals surface area contributed by atoms with Crippen molar-refractivity contribution < 1.29 is 43.0 Å². The van der Waals surface area contributed by atoms with E-state index in [1.807, 2.05) is 24.3 Å². The molecule has 0 saturated carbocycles. The van der Waals surface area contributed by atoms with Crippen LogP contribution in [0.4, 0.5) is 0 Å². The second-order valence-corrected chi connectivity index (χ2v) is 13.5. The number of nitrogens with two attached hydrogens (primary N) is 5. The number of aromatic nitrogens is 1. The summed E-state index contributed by atoms with van der Waals surface area (Å²) < 4.78 is 10.5. The van der Waals surface area contributed by atoms with Gasteiger partial charge in [0.25, 0.3) is 0 Å². The van der Waals surface area contributed by atoms with Gasteiger partial charge in [0.2, 0.25) is 41.4 Å². The lowest BCUT2D eigenvalue weighted by Gasteiger charge is -2.21. The number of hydrogen-bond donors (Lipinski definition) is 13. The number of hydrogen-bond acceptors (Lipinski definition) is 12. The molecule has 1 heterocycles. The van der Waals surface area contributed by atoms with Gasteiger partial charge in [0.05, 0.1) is 46.1 Å². The van der Waals surface area contributed by atoms with Crippen LogP contribution in [-0.2, 0) is 49.5 Å². The van der Waals surface area contributed by atoms with Crippen molar-refractivity contribution in [3.05, 3.63) is 36.0 Å². The van der Waals surface area contributed by atoms with Crippen molar-refractivity contribution in [1.29, 1.82) is 0 Å². The van der Waals surface area contributed by atoms with Crippen molar-refractivity contribution in [2.45, 2.75) is 57.2 Å². The minimum absolute atomic E-state index is 0.0339. The van der Waals surface area contributed by atoms with Gasteiger partial charge in [0, 0.05) is 56.6 Å². The van der Waals surface area contributed by atoms with Crippen LogP contribution in [0.1, 0.15) is 38.2 Å². The summed E-state index contributed by atoms with van der Waals surface area (Å²) in [5, 5.41) is 18.6. The van der Waals surface area contributed by atoms with Crippen LogP contribution in [0.25, 0.3) is 10.9 Å². The number of guanidine groups is 2. The first-order chi connectivity index (χ1) is 29.2. The second-order valence-electron chi connectivity index (χ2n) is 13.5. The van der Waals surface area contributed by atoms with Crippen LogP contribution in [0.5, 0.6) is 0 Å². The van der Waals surface area contributed by atoms with Crippen LogP contribution in [-0.4, -0.2) is 149 Å². The lowest BCUT2D eigenvalue weighted by molar-refractivity contribution is -0.132. The number of para-hydroxylation sites is 1. The largest absolute Gasteiger partial charge is 0.378 e. The molecule has 7 amide bonds. The maximum absolute atomic E-state index is 13.3. The number of benzene rings is 1. The highest BCUT2D eigenvalue weighted by atomic mass is 16.5. The topological polar surface area (TPSA) is 393 Å². The molecule has 0 bridgehead atoms. The number of ether oxygens (including phenoxy) is 2. The molecule has 18 N–H and O–H groups in total. The van der Waals surface area contributed by atoms with Gasteiger partial charge in [-0.05, 0) is 37.3 Å². The van der Waals surface area contributed by atoms with Gasteiger partial charge in [-0.15, -0.1) is 0 Å². The predicted octanol–water partition coefficient (Wildman–Crippen LogP) is -5.25. The smallest absolute Gasteiger partial charge is 0.243 e. The third-order valence-corrected chi connectivity index (χ3v) is 8.46. The molecule has 0 fully saturated rings. The molecule has 0 radical (unpaired) electrons. The summed E-state index contributed by atoms with van der Waals surface area (Å²) in [5.41, 5.74) is 28.5. The average Bonchev–Trinajstić information content (AvgIpc) is 3.63. The Bertz CT molecular complexity index is 1800. The highest BCUT2D eigenvalue weighted by Gasteiger charge is 2.26. The summed E-state index contributed by atoms with van der Waals surface area (Å²) in [6.07, 6.45) is 2.49. The number of nitrogens with one attached hydrogen (secondary N) is 8. The number of nitrogens with zero attached hydrogens (tertiary/aromatic N) is 2. The highest BCUT2D eigenvalue weighted by Crippen LogP contribution is 2.19. The van der Waals surface area contributed by atoms with Gasteiger partial charge in [0.15, 0.2) is 11.9 Å². The first kappa shape index (κ1) is 50.6. The van der Waals surface area contributed by atoms with E-state index in [0.29, 0.717) is 26.4 Å². The van der Waals surface area contributed by atoms with Crippen molar-refractivity contribution >= 4 is 64.2 Å². The Kier molecular flexibility index (Phi) is 23.9. The molecule has 0 aliphatic heterocycles. The number of carbonyl (C=O) groups excluding carboxylic acids is 7. The third-order valence-electron chi connectivity index (χ3n) is 8.46. The molecule has 0 aliphatic carbocycles. The first-order valence-corrected chi connectivity index (χ1v) is 19.7. The Morgan fingerprint density at radius 1 is 0.656 bits per heavy atom. The Hall–Kier alpha value is -6.53. The molecule has 0 aliphatic rings. The summed E-state index contributed by atoms with van der Waals surface area (Å²) in [6.45, 7) is 1.88. The molecule has 338 valence electrons. The third kappa shape index (κ3) is 21.9. The van der Waals surface area contributed by atoms with Crippen LogP contribution in [0.2, 0.25) is 0 Å². The Balaban J connectivity index is 1.98. The number of carbonyl (C=O) groups is 7. The number of fused-ring (bicyclic) bond motifs is 1. The zero-order valence-electron chi connectivity index (χ0n) is 34.4. The second kappa shape index (κ2) is 28.8. The minimum Gasteiger partial charge on any atom is -0.378 e. The quantitative estimate of drug-likeness (QED) is 0.0198. The summed E-state index contributed by atoms with van der Waals surface area (Å²) in [6, 6.07) is 4.10. The molecular formula is C37H61N15O9. The van der Waals surface area contributed by atoms with Gasteiger partial charge in [-0.25, -0.2) is 0 Å². The normalized spacial score (nSPS) is 12.2. The van der Waals surface area contributed by atoms with Gasteiger partial charge in [-0.3, -0.25) is 43.5 Å². The fourth-order valence-electron chi connectivity index (χ4n) is 5.61. The summed E-state index contributed by atoms with van der Waals surface area (Å²) in [7, 11) is 0. The van der Waals surface area contributed by atoms with E-state index >= 15 is 0 Å². The fraction of sp³-hybridized carbons (Fsp3) is 0.541. The van der Waals surface area contributed by atoms with E-state index in [1.54, 1.807) is 6.20 Å². The van der Waals surface area contributed by atoms with Crippen LogP contribution in [0.3, 0.4) is 0 Å². The van der Waals surface area contributed by atoms with Crippen molar-refractivity contribution in [3.63, 3.8) is 0 Å². The van der Waals surface area contributed by atoms with Crippen LogP contribution in [0, 0.1) is 0 Å². The molecule has 3 unspecified atom stereocenters. The Labute approximate surface area is 353 Å². The summed E-state index contributed by atoms with van der Waals surface area (Å²) in [4.78, 5) is 101. The molecule has 0 saturated heterocycles. The number of aromatic amines is 1. The van der Waals surface area contributed by atoms with E-state index in [2.05, 4.69) is 52.2 Å². The molecule has 24 nitrogen and oxygen atoms in total. The van der Waals surface area contributed by atoms with E-state index in [1.165, 1.54) is 6.92 Å². The first-order valence-electron chi connectivity index (χ1n) is 19.7. The molecule has 0 spiro atoms. The van der Waals surface area contributed by atoms with E-state index in [-0.39, 0.29) is 70.3 Å². The predicted molar refractivity (Wildman–Crippen MR) is 226 cm³/mol. The zero-order chi connectivity index (χ0) is 45.0. The minimum atomic E-state index is -1.20. The van der Waals surface area contributed by atoms with Gasteiger partial charge in [-0.2, -0.15) is 0 Å². The average molecular weight is 860 g/mol. The highest BCUT2D eigenvalue weighted by molar-refractivity contribution is 5.95. The lowest BCUT2D eigenvalue weighted by atomic mass is 10.0. The van der Waals surface area contributed by atoms with Gasteiger partial charge < -0.3 is 80.3 Å². The standard InChI is InChI=1S/C37H61N15O9/c1-23(53)50-29(18-24-19-46-26-7-3-2-6-25(24)26)35(59)49-22-32(56)52-28(9-5-12-45-37(41)42)34(58)48-21-31(55)51-27(8-4-11-44-36(39)40)33(57)47-20-30(54)43-13-15-61-17-16-60-14-10-38/h2-3,6-7,19,27-29,46H,4-5,8-18,20-22,38H2,1H3,(H,43,54)(H,47,57)(H,48,58)(H,49,59)(H,50,53)(H,51,55)(H,52,56)(H4,39,40,44)(H4,41,42,45). The lowest BCUT2D eigenvalue weighted by Crippen LogP contribution is -2.54. The molecule has 2 rings (SSSR count). The van der Waals surface area contributed by atoms with Crippen molar-refractivity contribution in [1.82, 2.24) is 42.2 Å². The number of aliphatic imine (C=N–C) groups is 2. The van der Waals surface area contributed by atoms with E-state index in [4.69, 9.17) is 38.1 Å². The molecule has 3 atom stereocenters. The van der Waals surface area contributed by atoms with Gasteiger partial charge in [-0.1, -0.05) is 18.2 Å².